The number of ether oxygens (including phenoxy) is 3. The lowest BCUT2D eigenvalue weighted by Crippen LogP contribution is -2.42. The first-order valence-electron chi connectivity index (χ1n) is 16.6. The van der Waals surface area contributed by atoms with E-state index in [9.17, 15) is 4.79 Å². The summed E-state index contributed by atoms with van der Waals surface area (Å²) in [6.45, 7) is 6.56. The van der Waals surface area contributed by atoms with E-state index in [1.807, 2.05) is 54.8 Å². The lowest BCUT2D eigenvalue weighted by molar-refractivity contribution is -0.143. The van der Waals surface area contributed by atoms with E-state index in [-0.39, 0.29) is 24.9 Å². The number of hydrogen-bond acceptors (Lipinski definition) is 7. The van der Waals surface area contributed by atoms with Gasteiger partial charge in [-0.3, -0.25) is 4.79 Å². The first kappa shape index (κ1) is 35.9. The number of rotatable bonds is 16. The van der Waals surface area contributed by atoms with Gasteiger partial charge in [0.15, 0.2) is 9.84 Å². The summed E-state index contributed by atoms with van der Waals surface area (Å²) in [5.41, 5.74) is 2.51. The first-order valence-corrected chi connectivity index (χ1v) is 19.4. The molecule has 1 aliphatic rings. The number of sulfone groups is 1. The minimum atomic E-state index is -3.85. The van der Waals surface area contributed by atoms with E-state index in [4.69, 9.17) is 14.2 Å². The zero-order chi connectivity index (χ0) is 33.2. The summed E-state index contributed by atoms with van der Waals surface area (Å²) in [4.78, 5) is 13.3. The highest BCUT2D eigenvalue weighted by Gasteiger charge is 2.51. The minimum Gasteiger partial charge on any atom is -0.497 e. The fourth-order valence-corrected chi connectivity index (χ4v) is 10.0. The molecule has 0 radical (unpaired) electrons. The van der Waals surface area contributed by atoms with Crippen LogP contribution in [0.2, 0.25) is 0 Å². The number of benzene rings is 3. The van der Waals surface area contributed by atoms with Gasteiger partial charge >= 0.3 is 5.97 Å². The highest BCUT2D eigenvalue weighted by Crippen LogP contribution is 2.55. The fourth-order valence-electron chi connectivity index (χ4n) is 6.95. The highest BCUT2D eigenvalue weighted by atomic mass is 32.2. The van der Waals surface area contributed by atoms with Gasteiger partial charge in [0.1, 0.15) is 11.5 Å². The molecule has 0 amide bonds. The van der Waals surface area contributed by atoms with Crippen molar-refractivity contribution in [3.63, 3.8) is 0 Å². The Morgan fingerprint density at radius 2 is 1.63 bits per heavy atom. The normalized spacial score (nSPS) is 18.3. The van der Waals surface area contributed by atoms with E-state index >= 15 is 8.42 Å². The van der Waals surface area contributed by atoms with Crippen LogP contribution in [0.1, 0.15) is 94.7 Å². The van der Waals surface area contributed by atoms with Gasteiger partial charge in [0.25, 0.3) is 0 Å². The van der Waals surface area contributed by atoms with E-state index in [2.05, 4.69) is 26.0 Å². The zero-order valence-electron chi connectivity index (χ0n) is 28.0. The topological polar surface area (TPSA) is 78.9 Å². The molecule has 0 bridgehead atoms. The molecule has 2 atom stereocenters. The van der Waals surface area contributed by atoms with Crippen LogP contribution in [0.4, 0.5) is 0 Å². The maximum absolute atomic E-state index is 15.3. The SMILES string of the molecule is CCCCC1(CCCC)CC(c2ccccc2)c2cc(SC)c(OCCC(=O)OCC)cc2S(=O)(=O)C1Cc1ccc(OC)cc1. The highest BCUT2D eigenvalue weighted by molar-refractivity contribution is 7.98. The van der Waals surface area contributed by atoms with Crippen LogP contribution in [0.3, 0.4) is 0 Å². The number of carbonyl (C=O) groups is 1. The third-order valence-electron chi connectivity index (χ3n) is 9.35. The maximum atomic E-state index is 15.3. The fraction of sp³-hybridized carbons (Fsp3) is 0.500. The molecule has 0 spiro atoms. The van der Waals surface area contributed by atoms with Crippen molar-refractivity contribution in [1.29, 1.82) is 0 Å². The van der Waals surface area contributed by atoms with Crippen molar-refractivity contribution >= 4 is 27.6 Å². The second-order valence-corrected chi connectivity index (χ2v) is 15.2. The van der Waals surface area contributed by atoms with Crippen LogP contribution in [-0.4, -0.2) is 46.2 Å². The Balaban J connectivity index is 1.94. The van der Waals surface area contributed by atoms with Gasteiger partial charge in [-0.1, -0.05) is 82.0 Å². The number of methoxy groups -OCH3 is 1. The van der Waals surface area contributed by atoms with Crippen molar-refractivity contribution < 1.29 is 27.4 Å². The van der Waals surface area contributed by atoms with Crippen LogP contribution < -0.4 is 9.47 Å². The van der Waals surface area contributed by atoms with E-state index in [1.54, 1.807) is 20.1 Å². The van der Waals surface area contributed by atoms with Crippen LogP contribution in [0.15, 0.2) is 76.5 Å². The second kappa shape index (κ2) is 16.7. The third-order valence-corrected chi connectivity index (χ3v) is 12.5. The number of fused-ring (bicyclic) bond motifs is 1. The zero-order valence-corrected chi connectivity index (χ0v) is 29.7. The molecule has 0 aromatic heterocycles. The van der Waals surface area contributed by atoms with Crippen molar-refractivity contribution in [3.8, 4) is 11.5 Å². The van der Waals surface area contributed by atoms with E-state index in [1.165, 1.54) is 11.8 Å². The second-order valence-electron chi connectivity index (χ2n) is 12.3. The Hall–Kier alpha value is -2.97. The molecule has 0 N–H and O–H groups in total. The molecule has 1 heterocycles. The van der Waals surface area contributed by atoms with Gasteiger partial charge < -0.3 is 14.2 Å². The van der Waals surface area contributed by atoms with Gasteiger partial charge in [0.2, 0.25) is 0 Å². The number of carbonyl (C=O) groups excluding carboxylic acids is 1. The molecule has 0 fully saturated rings. The largest absolute Gasteiger partial charge is 0.497 e. The molecule has 1 aliphatic heterocycles. The summed E-state index contributed by atoms with van der Waals surface area (Å²) >= 11 is 1.53. The van der Waals surface area contributed by atoms with Crippen LogP contribution in [-0.2, 0) is 25.8 Å². The standard InChI is InChI=1S/C38H50O6S2/c1-6-9-21-38(22-10-7-2)27-32(29-14-12-11-13-15-29)31-25-34(45-5)33(44-23-20-37(39)43-8-3)26-35(31)46(40,41)36(38)24-28-16-18-30(42-4)19-17-28/h11-19,25-26,32,36H,6-10,20-24,27H2,1-5H3. The number of unbranched alkanes of at least 4 members (excludes halogenated alkanes) is 2. The van der Waals surface area contributed by atoms with Gasteiger partial charge in [-0.05, 0) is 79.2 Å². The van der Waals surface area contributed by atoms with Crippen molar-refractivity contribution in [2.75, 3.05) is 26.6 Å². The van der Waals surface area contributed by atoms with Crippen molar-refractivity contribution in [2.24, 2.45) is 5.41 Å². The summed E-state index contributed by atoms with van der Waals surface area (Å²) < 4.78 is 47.3. The van der Waals surface area contributed by atoms with Crippen LogP contribution in [0, 0.1) is 5.41 Å². The van der Waals surface area contributed by atoms with Gasteiger partial charge in [-0.25, -0.2) is 8.42 Å². The Morgan fingerprint density at radius 3 is 2.22 bits per heavy atom. The molecule has 2 unspecified atom stereocenters. The molecule has 3 aromatic rings. The van der Waals surface area contributed by atoms with Crippen LogP contribution >= 0.6 is 11.8 Å². The predicted octanol–water partition coefficient (Wildman–Crippen LogP) is 9.04. The van der Waals surface area contributed by atoms with Crippen molar-refractivity contribution in [2.45, 2.75) is 99.5 Å². The molecule has 0 aliphatic carbocycles. The van der Waals surface area contributed by atoms with Crippen molar-refractivity contribution in [3.05, 3.63) is 83.4 Å². The number of thioether (sulfide) groups is 1. The summed E-state index contributed by atoms with van der Waals surface area (Å²) in [5.74, 6) is 0.805. The third kappa shape index (κ3) is 8.29. The Labute approximate surface area is 280 Å². The Morgan fingerprint density at radius 1 is 0.957 bits per heavy atom. The molecular formula is C38H50O6S2. The lowest BCUT2D eigenvalue weighted by atomic mass is 9.66. The van der Waals surface area contributed by atoms with Crippen molar-refractivity contribution in [1.82, 2.24) is 0 Å². The van der Waals surface area contributed by atoms with E-state index in [0.29, 0.717) is 23.7 Å². The quantitative estimate of drug-likeness (QED) is 0.112. The van der Waals surface area contributed by atoms with E-state index in [0.717, 1.165) is 72.3 Å². The number of esters is 1. The molecule has 0 saturated heterocycles. The molecule has 4 rings (SSSR count). The molecule has 6 nitrogen and oxygen atoms in total. The molecule has 46 heavy (non-hydrogen) atoms. The smallest absolute Gasteiger partial charge is 0.309 e. The summed E-state index contributed by atoms with van der Waals surface area (Å²) in [6, 6.07) is 22.0. The van der Waals surface area contributed by atoms with Crippen LogP contribution in [0.25, 0.3) is 0 Å². The van der Waals surface area contributed by atoms with Gasteiger partial charge in [0.05, 0.1) is 36.9 Å². The number of hydrogen-bond donors (Lipinski definition) is 0. The molecule has 250 valence electrons. The lowest BCUT2D eigenvalue weighted by Gasteiger charge is -2.41. The monoisotopic (exact) mass is 666 g/mol. The Bertz CT molecular complexity index is 1510. The summed E-state index contributed by atoms with van der Waals surface area (Å²) in [6.07, 6.45) is 8.87. The maximum Gasteiger partial charge on any atom is 0.309 e. The summed E-state index contributed by atoms with van der Waals surface area (Å²) in [7, 11) is -2.21. The minimum absolute atomic E-state index is 0.0926. The molecule has 0 saturated carbocycles. The van der Waals surface area contributed by atoms with Gasteiger partial charge in [-0.15, -0.1) is 11.8 Å². The Kier molecular flexibility index (Phi) is 13.0. The average Bonchev–Trinajstić information content (AvgIpc) is 3.14. The van der Waals surface area contributed by atoms with E-state index < -0.39 is 20.5 Å². The summed E-state index contributed by atoms with van der Waals surface area (Å²) in [5, 5.41) is -0.619. The average molecular weight is 667 g/mol. The van der Waals surface area contributed by atoms with Crippen LogP contribution in [0.5, 0.6) is 11.5 Å². The van der Waals surface area contributed by atoms with Gasteiger partial charge in [-0.2, -0.15) is 0 Å². The molecule has 3 aromatic carbocycles. The molecule has 8 heteroatoms. The first-order chi connectivity index (χ1) is 22.2. The molecular weight excluding hydrogens is 617 g/mol. The predicted molar refractivity (Wildman–Crippen MR) is 187 cm³/mol. The van der Waals surface area contributed by atoms with Gasteiger partial charge in [0, 0.05) is 16.9 Å².